The van der Waals surface area contributed by atoms with Crippen LogP contribution in [0.1, 0.15) is 252 Å². The molecule has 0 heterocycles. The lowest BCUT2D eigenvalue weighted by Crippen LogP contribution is -2.30. The Morgan fingerprint density at radius 1 is 0.323 bits per heavy atom. The molecule has 0 saturated heterocycles. The second-order valence-corrected chi connectivity index (χ2v) is 17.9. The third-order valence-electron chi connectivity index (χ3n) is 11.5. The Labute approximate surface area is 401 Å². The van der Waals surface area contributed by atoms with Gasteiger partial charge < -0.3 is 14.2 Å². The molecule has 0 spiro atoms. The smallest absolute Gasteiger partial charge is 0.306 e. The number of hydrogen-bond acceptors (Lipinski definition) is 6. The summed E-state index contributed by atoms with van der Waals surface area (Å²) in [4.78, 5) is 38.0. The predicted molar refractivity (Wildman–Crippen MR) is 279 cm³/mol. The molecule has 0 bridgehead atoms. The second-order valence-electron chi connectivity index (χ2n) is 17.9. The molecule has 372 valence electrons. The zero-order valence-corrected chi connectivity index (χ0v) is 42.5. The van der Waals surface area contributed by atoms with Crippen LogP contribution in [0, 0.1) is 0 Å². The highest BCUT2D eigenvalue weighted by atomic mass is 16.6. The first-order chi connectivity index (χ1) is 32.0. The van der Waals surface area contributed by atoms with Crippen molar-refractivity contribution in [3.05, 3.63) is 85.1 Å². The minimum Gasteiger partial charge on any atom is -0.462 e. The molecule has 0 fully saturated rings. The summed E-state index contributed by atoms with van der Waals surface area (Å²) in [6.45, 7) is 6.53. The van der Waals surface area contributed by atoms with Crippen LogP contribution in [-0.4, -0.2) is 37.2 Å². The lowest BCUT2D eigenvalue weighted by atomic mass is 10.0. The van der Waals surface area contributed by atoms with Crippen molar-refractivity contribution in [1.29, 1.82) is 0 Å². The molecule has 0 aliphatic carbocycles. The van der Waals surface area contributed by atoms with Gasteiger partial charge in [-0.2, -0.15) is 0 Å². The number of unbranched alkanes of at least 4 members (excludes halogenated alkanes) is 26. The van der Waals surface area contributed by atoms with E-state index in [-0.39, 0.29) is 37.5 Å². The van der Waals surface area contributed by atoms with Crippen LogP contribution in [0.4, 0.5) is 0 Å². The van der Waals surface area contributed by atoms with Gasteiger partial charge in [0.15, 0.2) is 6.10 Å². The molecule has 1 atom stereocenters. The molecule has 0 radical (unpaired) electrons. The van der Waals surface area contributed by atoms with Gasteiger partial charge in [-0.05, 0) is 77.0 Å². The number of esters is 3. The van der Waals surface area contributed by atoms with E-state index in [2.05, 4.69) is 106 Å². The van der Waals surface area contributed by atoms with Gasteiger partial charge in [0.1, 0.15) is 13.2 Å². The highest BCUT2D eigenvalue weighted by molar-refractivity contribution is 5.71. The number of carbonyl (C=O) groups excluding carboxylic acids is 3. The first-order valence-electron chi connectivity index (χ1n) is 27.1. The Morgan fingerprint density at radius 3 is 1.08 bits per heavy atom. The predicted octanol–water partition coefficient (Wildman–Crippen LogP) is 18.0. The minimum atomic E-state index is -0.811. The van der Waals surface area contributed by atoms with E-state index in [1.165, 1.54) is 122 Å². The molecule has 0 N–H and O–H groups in total. The number of ether oxygens (including phenoxy) is 3. The van der Waals surface area contributed by atoms with Gasteiger partial charge in [0.2, 0.25) is 0 Å². The fourth-order valence-electron chi connectivity index (χ4n) is 7.35. The molecule has 0 saturated carbocycles. The van der Waals surface area contributed by atoms with Crippen molar-refractivity contribution in [2.24, 2.45) is 0 Å². The van der Waals surface area contributed by atoms with E-state index in [1.807, 2.05) is 0 Å². The Kier molecular flexibility index (Phi) is 50.4. The fourth-order valence-corrected chi connectivity index (χ4v) is 7.35. The molecule has 0 aromatic heterocycles. The molecular weight excluding hydrogens is 805 g/mol. The van der Waals surface area contributed by atoms with Crippen molar-refractivity contribution in [2.45, 2.75) is 258 Å². The Hall–Kier alpha value is -3.41. The third-order valence-corrected chi connectivity index (χ3v) is 11.5. The van der Waals surface area contributed by atoms with Crippen molar-refractivity contribution in [3.63, 3.8) is 0 Å². The summed E-state index contributed by atoms with van der Waals surface area (Å²) in [6.07, 6.45) is 68.5. The summed E-state index contributed by atoms with van der Waals surface area (Å²) in [5, 5.41) is 0. The van der Waals surface area contributed by atoms with Crippen molar-refractivity contribution in [1.82, 2.24) is 0 Å². The zero-order chi connectivity index (χ0) is 47.2. The van der Waals surface area contributed by atoms with E-state index in [0.717, 1.165) is 83.5 Å². The van der Waals surface area contributed by atoms with Gasteiger partial charge in [-0.1, -0.05) is 241 Å². The van der Waals surface area contributed by atoms with Gasteiger partial charge in [0, 0.05) is 19.3 Å². The van der Waals surface area contributed by atoms with E-state index < -0.39 is 6.10 Å². The van der Waals surface area contributed by atoms with Crippen LogP contribution in [0.15, 0.2) is 85.1 Å². The van der Waals surface area contributed by atoms with Crippen molar-refractivity contribution < 1.29 is 28.6 Å². The van der Waals surface area contributed by atoms with E-state index in [0.29, 0.717) is 19.3 Å². The largest absolute Gasteiger partial charge is 0.462 e. The number of rotatable bonds is 48. The lowest BCUT2D eigenvalue weighted by molar-refractivity contribution is -0.167. The van der Waals surface area contributed by atoms with Crippen LogP contribution in [0.3, 0.4) is 0 Å². The second kappa shape index (κ2) is 53.2. The van der Waals surface area contributed by atoms with Crippen molar-refractivity contribution in [3.8, 4) is 0 Å². The fraction of sp³-hybridized carbons (Fsp3) is 0.712. The van der Waals surface area contributed by atoms with Crippen LogP contribution in [0.25, 0.3) is 0 Å². The van der Waals surface area contributed by atoms with Crippen LogP contribution in [0.2, 0.25) is 0 Å². The molecule has 65 heavy (non-hydrogen) atoms. The molecule has 0 aromatic rings. The molecule has 6 heteroatoms. The molecule has 0 aliphatic rings. The van der Waals surface area contributed by atoms with Crippen molar-refractivity contribution in [2.75, 3.05) is 13.2 Å². The number of allylic oxidation sites excluding steroid dienone is 14. The summed E-state index contributed by atoms with van der Waals surface area (Å²) >= 11 is 0. The highest BCUT2D eigenvalue weighted by Crippen LogP contribution is 2.14. The maximum absolute atomic E-state index is 12.8. The normalized spacial score (nSPS) is 12.7. The summed E-state index contributed by atoms with van der Waals surface area (Å²) in [5.41, 5.74) is 0. The Balaban J connectivity index is 4.50. The summed E-state index contributed by atoms with van der Waals surface area (Å²) in [6, 6.07) is 0. The van der Waals surface area contributed by atoms with E-state index in [1.54, 1.807) is 0 Å². The molecular formula is C59H100O6. The van der Waals surface area contributed by atoms with Gasteiger partial charge in [-0.3, -0.25) is 14.4 Å². The number of carbonyl (C=O) groups is 3. The Bertz CT molecular complexity index is 1270. The highest BCUT2D eigenvalue weighted by Gasteiger charge is 2.19. The average molecular weight is 905 g/mol. The summed E-state index contributed by atoms with van der Waals surface area (Å²) in [7, 11) is 0. The van der Waals surface area contributed by atoms with E-state index in [4.69, 9.17) is 14.2 Å². The van der Waals surface area contributed by atoms with Gasteiger partial charge in [0.25, 0.3) is 0 Å². The monoisotopic (exact) mass is 905 g/mol. The molecule has 0 amide bonds. The minimum absolute atomic E-state index is 0.103. The standard InChI is InChI=1S/C59H100O6/c1-4-7-10-13-16-19-22-25-27-29-31-32-34-37-40-43-46-49-52-58(61)64-55-56(54-63-57(60)51-48-45-42-39-36-24-21-18-15-12-9-6-3)65-59(62)53-50-47-44-41-38-35-33-30-28-26-23-20-17-14-11-8-5-2/h16,19,22,25-29,31-33,35,41,44,56H,4-15,17-18,20-21,23-24,30,34,36-40,42-43,45-55H2,1-3H3/b19-16-,25-22-,28-26-,29-27-,32-31-,35-33-,44-41-. The first-order valence-corrected chi connectivity index (χ1v) is 27.1. The van der Waals surface area contributed by atoms with E-state index >= 15 is 0 Å². The Morgan fingerprint density at radius 2 is 0.631 bits per heavy atom. The van der Waals surface area contributed by atoms with Crippen LogP contribution < -0.4 is 0 Å². The maximum Gasteiger partial charge on any atom is 0.306 e. The number of hydrogen-bond donors (Lipinski definition) is 0. The first kappa shape index (κ1) is 61.6. The summed E-state index contributed by atoms with van der Waals surface area (Å²) < 4.78 is 16.8. The average Bonchev–Trinajstić information content (AvgIpc) is 3.30. The van der Waals surface area contributed by atoms with Crippen LogP contribution in [-0.2, 0) is 28.6 Å². The molecule has 6 nitrogen and oxygen atoms in total. The maximum atomic E-state index is 12.8. The quantitative estimate of drug-likeness (QED) is 0.0199. The van der Waals surface area contributed by atoms with Gasteiger partial charge in [-0.25, -0.2) is 0 Å². The molecule has 0 rings (SSSR count). The van der Waals surface area contributed by atoms with Crippen molar-refractivity contribution >= 4 is 17.9 Å². The van der Waals surface area contributed by atoms with Crippen LogP contribution >= 0.6 is 0 Å². The molecule has 0 aliphatic heterocycles. The zero-order valence-electron chi connectivity index (χ0n) is 42.5. The lowest BCUT2D eigenvalue weighted by Gasteiger charge is -2.18. The van der Waals surface area contributed by atoms with Gasteiger partial charge >= 0.3 is 17.9 Å². The molecule has 1 unspecified atom stereocenters. The van der Waals surface area contributed by atoms with Gasteiger partial charge in [0.05, 0.1) is 0 Å². The topological polar surface area (TPSA) is 78.9 Å². The van der Waals surface area contributed by atoms with Crippen LogP contribution in [0.5, 0.6) is 0 Å². The van der Waals surface area contributed by atoms with E-state index in [9.17, 15) is 14.4 Å². The van der Waals surface area contributed by atoms with Gasteiger partial charge in [-0.15, -0.1) is 0 Å². The molecule has 0 aromatic carbocycles. The SMILES string of the molecule is CCCCC\C=C/C=C\C=C/C=C\CCCCCCCC(=O)OCC(COC(=O)CCCCCCCCCCCCCC)OC(=O)CCC/C=C\C/C=C\C/C=C\CCCCCCCC. The summed E-state index contributed by atoms with van der Waals surface area (Å²) in [5.74, 6) is -0.978. The third kappa shape index (κ3) is 51.4.